The lowest BCUT2D eigenvalue weighted by Gasteiger charge is -2.27. The van der Waals surface area contributed by atoms with Crippen LogP contribution in [-0.2, 0) is 0 Å². The predicted molar refractivity (Wildman–Crippen MR) is 70.6 cm³/mol. The molecule has 1 saturated heterocycles. The molecule has 88 valence electrons. The largest absolute Gasteiger partial charge is 0.398 e. The molecule has 0 bridgehead atoms. The Morgan fingerprint density at radius 2 is 2.31 bits per heavy atom. The third-order valence-corrected chi connectivity index (χ3v) is 4.44. The molecule has 0 amide bonds. The van der Waals surface area contributed by atoms with Crippen molar-refractivity contribution < 1.29 is 5.11 Å². The van der Waals surface area contributed by atoms with Crippen LogP contribution >= 0.6 is 11.8 Å². The van der Waals surface area contributed by atoms with Crippen LogP contribution in [0.15, 0.2) is 18.2 Å². The quantitative estimate of drug-likeness (QED) is 0.777. The van der Waals surface area contributed by atoms with Crippen LogP contribution in [0.1, 0.15) is 30.1 Å². The topological polar surface area (TPSA) is 46.2 Å². The average Bonchev–Trinajstić information content (AvgIpc) is 2.29. The van der Waals surface area contributed by atoms with Crippen molar-refractivity contribution in [2.24, 2.45) is 5.92 Å². The van der Waals surface area contributed by atoms with Gasteiger partial charge in [-0.25, -0.2) is 0 Å². The molecular weight excluding hydrogens is 218 g/mol. The molecule has 1 aliphatic heterocycles. The molecule has 0 aromatic heterocycles. The van der Waals surface area contributed by atoms with Gasteiger partial charge >= 0.3 is 0 Å². The maximum Gasteiger partial charge on any atom is 0.0845 e. The highest BCUT2D eigenvalue weighted by atomic mass is 32.2. The van der Waals surface area contributed by atoms with E-state index in [4.69, 9.17) is 5.73 Å². The van der Waals surface area contributed by atoms with E-state index in [1.165, 1.54) is 12.2 Å². The lowest BCUT2D eigenvalue weighted by Crippen LogP contribution is -2.20. The highest BCUT2D eigenvalue weighted by Crippen LogP contribution is 2.35. The summed E-state index contributed by atoms with van der Waals surface area (Å²) in [5, 5.41) is 10.3. The Morgan fingerprint density at radius 3 is 2.94 bits per heavy atom. The normalized spacial score (nSPS) is 23.0. The fraction of sp³-hybridized carbons (Fsp3) is 0.538. The molecule has 1 aromatic rings. The van der Waals surface area contributed by atoms with Crippen molar-refractivity contribution in [3.63, 3.8) is 0 Å². The van der Waals surface area contributed by atoms with E-state index in [-0.39, 0.29) is 0 Å². The van der Waals surface area contributed by atoms with Crippen LogP contribution in [0, 0.1) is 12.8 Å². The van der Waals surface area contributed by atoms with Crippen molar-refractivity contribution in [3.05, 3.63) is 29.3 Å². The minimum absolute atomic E-state index is 0.365. The van der Waals surface area contributed by atoms with Crippen molar-refractivity contribution in [2.45, 2.75) is 25.9 Å². The third kappa shape index (κ3) is 2.53. The molecule has 3 N–H and O–H groups in total. The number of anilines is 1. The Bertz CT molecular complexity index is 361. The summed E-state index contributed by atoms with van der Waals surface area (Å²) in [7, 11) is 0. The minimum atomic E-state index is -0.395. The van der Waals surface area contributed by atoms with Gasteiger partial charge < -0.3 is 10.8 Å². The summed E-state index contributed by atoms with van der Waals surface area (Å²) < 4.78 is 0. The maximum absolute atomic E-state index is 10.3. The number of hydrogen-bond donors (Lipinski definition) is 2. The van der Waals surface area contributed by atoms with Crippen LogP contribution in [0.25, 0.3) is 0 Å². The smallest absolute Gasteiger partial charge is 0.0845 e. The van der Waals surface area contributed by atoms with Crippen LogP contribution in [0.2, 0.25) is 0 Å². The lowest BCUT2D eigenvalue weighted by atomic mass is 9.91. The number of thioether (sulfide) groups is 1. The molecule has 0 spiro atoms. The molecule has 16 heavy (non-hydrogen) atoms. The Hall–Kier alpha value is -0.670. The van der Waals surface area contributed by atoms with Gasteiger partial charge in [-0.05, 0) is 48.8 Å². The van der Waals surface area contributed by atoms with Crippen LogP contribution < -0.4 is 5.73 Å². The second-order valence-corrected chi connectivity index (χ2v) is 5.70. The lowest BCUT2D eigenvalue weighted by molar-refractivity contribution is 0.114. The number of benzene rings is 1. The molecule has 3 heteroatoms. The van der Waals surface area contributed by atoms with Gasteiger partial charge in [-0.15, -0.1) is 0 Å². The van der Waals surface area contributed by atoms with Gasteiger partial charge in [0.2, 0.25) is 0 Å². The fourth-order valence-electron chi connectivity index (χ4n) is 2.23. The van der Waals surface area contributed by atoms with E-state index < -0.39 is 6.10 Å². The number of nitrogens with two attached hydrogens (primary N) is 1. The second-order valence-electron chi connectivity index (χ2n) is 4.55. The van der Waals surface area contributed by atoms with E-state index in [2.05, 4.69) is 0 Å². The Kier molecular flexibility index (Phi) is 3.77. The zero-order chi connectivity index (χ0) is 11.5. The number of aryl methyl sites for hydroxylation is 1. The summed E-state index contributed by atoms with van der Waals surface area (Å²) >= 11 is 1.93. The molecule has 1 heterocycles. The van der Waals surface area contributed by atoms with Crippen molar-refractivity contribution in [1.82, 2.24) is 0 Å². The molecule has 2 nitrogen and oxygen atoms in total. The molecule has 1 aromatic carbocycles. The molecule has 0 saturated carbocycles. The maximum atomic E-state index is 10.3. The number of nitrogen functional groups attached to an aromatic ring is 1. The summed E-state index contributed by atoms with van der Waals surface area (Å²) in [6, 6.07) is 5.92. The first-order valence-electron chi connectivity index (χ1n) is 5.80. The molecular formula is C13H19NOS. The molecule has 1 aliphatic rings. The van der Waals surface area contributed by atoms with E-state index in [1.54, 1.807) is 0 Å². The third-order valence-electron chi connectivity index (χ3n) is 3.20. The highest BCUT2D eigenvalue weighted by Gasteiger charge is 2.24. The van der Waals surface area contributed by atoms with E-state index in [0.29, 0.717) is 5.92 Å². The minimum Gasteiger partial charge on any atom is -0.398 e. The Morgan fingerprint density at radius 1 is 1.50 bits per heavy atom. The van der Waals surface area contributed by atoms with Gasteiger partial charge in [-0.3, -0.25) is 0 Å². The van der Waals surface area contributed by atoms with Crippen molar-refractivity contribution in [1.29, 1.82) is 0 Å². The van der Waals surface area contributed by atoms with E-state index in [9.17, 15) is 5.11 Å². The average molecular weight is 237 g/mol. The molecule has 2 atom stereocenters. The van der Waals surface area contributed by atoms with E-state index in [0.717, 1.165) is 29.0 Å². The van der Waals surface area contributed by atoms with Gasteiger partial charge in [0.05, 0.1) is 6.10 Å². The standard InChI is InChI=1S/C13H19NOS/c1-9-4-5-11(12(14)7-9)13(15)10-3-2-6-16-8-10/h4-5,7,10,13,15H,2-3,6,8,14H2,1H3. The van der Waals surface area contributed by atoms with Crippen LogP contribution in [-0.4, -0.2) is 16.6 Å². The first kappa shape index (κ1) is 11.8. The number of hydrogen-bond acceptors (Lipinski definition) is 3. The molecule has 2 rings (SSSR count). The molecule has 2 unspecified atom stereocenters. The number of aliphatic hydroxyl groups excluding tert-OH is 1. The van der Waals surface area contributed by atoms with Crippen molar-refractivity contribution in [3.8, 4) is 0 Å². The fourth-order valence-corrected chi connectivity index (χ4v) is 3.42. The monoisotopic (exact) mass is 237 g/mol. The Balaban J connectivity index is 2.15. The van der Waals surface area contributed by atoms with E-state index in [1.807, 2.05) is 36.9 Å². The molecule has 0 aliphatic carbocycles. The first-order valence-corrected chi connectivity index (χ1v) is 6.96. The van der Waals surface area contributed by atoms with Gasteiger partial charge in [-0.1, -0.05) is 12.1 Å². The number of aliphatic hydroxyl groups is 1. The number of rotatable bonds is 2. The van der Waals surface area contributed by atoms with Gasteiger partial charge in [0, 0.05) is 11.3 Å². The summed E-state index contributed by atoms with van der Waals surface area (Å²) in [5.74, 6) is 2.64. The zero-order valence-corrected chi connectivity index (χ0v) is 10.5. The van der Waals surface area contributed by atoms with Gasteiger partial charge in [0.25, 0.3) is 0 Å². The summed E-state index contributed by atoms with van der Waals surface area (Å²) in [5.41, 5.74) is 8.73. The van der Waals surface area contributed by atoms with Crippen LogP contribution in [0.3, 0.4) is 0 Å². The van der Waals surface area contributed by atoms with Gasteiger partial charge in [0.1, 0.15) is 0 Å². The predicted octanol–water partition coefficient (Wildman–Crippen LogP) is 2.75. The Labute approximate surface area is 101 Å². The summed E-state index contributed by atoms with van der Waals surface area (Å²) in [6.45, 7) is 2.02. The van der Waals surface area contributed by atoms with Crippen LogP contribution in [0.4, 0.5) is 5.69 Å². The second kappa shape index (κ2) is 5.11. The molecule has 0 radical (unpaired) electrons. The summed E-state index contributed by atoms with van der Waals surface area (Å²) in [6.07, 6.45) is 1.92. The SMILES string of the molecule is Cc1ccc(C(O)C2CCCSC2)c(N)c1. The summed E-state index contributed by atoms with van der Waals surface area (Å²) in [4.78, 5) is 0. The van der Waals surface area contributed by atoms with Gasteiger partial charge in [0.15, 0.2) is 0 Å². The van der Waals surface area contributed by atoms with Gasteiger partial charge in [-0.2, -0.15) is 11.8 Å². The van der Waals surface area contributed by atoms with E-state index >= 15 is 0 Å². The highest BCUT2D eigenvalue weighted by molar-refractivity contribution is 7.99. The molecule has 1 fully saturated rings. The first-order chi connectivity index (χ1) is 7.68. The van der Waals surface area contributed by atoms with Crippen LogP contribution in [0.5, 0.6) is 0 Å². The van der Waals surface area contributed by atoms with Crippen molar-refractivity contribution in [2.75, 3.05) is 17.2 Å². The zero-order valence-electron chi connectivity index (χ0n) is 9.65. The van der Waals surface area contributed by atoms with Crippen molar-refractivity contribution >= 4 is 17.4 Å².